The number of rotatable bonds is 5. The van der Waals surface area contributed by atoms with Gasteiger partial charge in [-0.25, -0.2) is 16.8 Å². The number of aromatic nitrogens is 2. The van der Waals surface area contributed by atoms with Gasteiger partial charge in [0.2, 0.25) is 0 Å². The molecule has 2 aromatic rings. The molecule has 0 unspecified atom stereocenters. The summed E-state index contributed by atoms with van der Waals surface area (Å²) in [7, 11) is -2.90. The van der Waals surface area contributed by atoms with Gasteiger partial charge in [-0.05, 0) is 38.1 Å². The van der Waals surface area contributed by atoms with Gasteiger partial charge in [0.05, 0.1) is 35.9 Å². The van der Waals surface area contributed by atoms with E-state index in [1.807, 2.05) is 50.2 Å². The van der Waals surface area contributed by atoms with Crippen LogP contribution in [0.15, 0.2) is 58.8 Å². The molecular formula is C18H18Cl2F6Ge2N4O6S2-2. The summed E-state index contributed by atoms with van der Waals surface area (Å²) < 4.78 is 118. The number of halogens is 8. The molecule has 2 rings (SSSR count). The van der Waals surface area contributed by atoms with Crippen molar-refractivity contribution in [3.63, 3.8) is 0 Å². The van der Waals surface area contributed by atoms with Crippen LogP contribution in [0.5, 0.6) is 0 Å². The van der Waals surface area contributed by atoms with Gasteiger partial charge in [-0.1, -0.05) is 12.1 Å². The van der Waals surface area contributed by atoms with Crippen molar-refractivity contribution in [2.24, 2.45) is 9.98 Å². The van der Waals surface area contributed by atoms with Crippen molar-refractivity contribution in [2.75, 3.05) is 13.1 Å². The van der Waals surface area contributed by atoms with E-state index < -0.39 is 31.3 Å². The van der Waals surface area contributed by atoms with Crippen molar-refractivity contribution in [3.8, 4) is 0 Å². The molecule has 22 heteroatoms. The van der Waals surface area contributed by atoms with Gasteiger partial charge < -0.3 is 9.11 Å². The summed E-state index contributed by atoms with van der Waals surface area (Å²) in [5.41, 5.74) is -7.58. The Kier molecular flexibility index (Phi) is 23.1. The first kappa shape index (κ1) is 43.2. The first-order valence-corrected chi connectivity index (χ1v) is 17.9. The van der Waals surface area contributed by atoms with Crippen molar-refractivity contribution in [3.05, 3.63) is 60.2 Å². The Bertz CT molecular complexity index is 1140. The average molecular weight is 781 g/mol. The first-order chi connectivity index (χ1) is 18.3. The van der Waals surface area contributed by atoms with Crippen LogP contribution in [0, 0.1) is 0 Å². The summed E-state index contributed by atoms with van der Waals surface area (Å²) in [4.78, 5) is 17.5. The number of hydrogen-bond donors (Lipinski definition) is 0. The minimum atomic E-state index is -6.09. The molecule has 224 valence electrons. The van der Waals surface area contributed by atoms with Crippen LogP contribution in [0.3, 0.4) is 0 Å². The molecule has 0 aromatic carbocycles. The van der Waals surface area contributed by atoms with Gasteiger partial charge in [0.25, 0.3) is 0 Å². The molecule has 0 aliphatic rings. The number of aliphatic imine (C=N–C) groups is 2. The van der Waals surface area contributed by atoms with E-state index >= 15 is 0 Å². The SMILES string of the molecule is CC(=NCCN=C(C)c1ccccn1)c1ccccn1.O=S(=O)([O-])C(F)(F)F.O=S(=O)([O-])C(F)(F)F.[Cl][Ge].[Cl][Ge]. The Hall–Kier alpha value is -1.29. The minimum absolute atomic E-state index is 0.659. The normalized spacial score (nSPS) is 12.2. The zero-order chi connectivity index (χ0) is 32.2. The van der Waals surface area contributed by atoms with Crippen LogP contribution in [0.4, 0.5) is 26.3 Å². The molecule has 0 bridgehead atoms. The quantitative estimate of drug-likeness (QED) is 0.111. The molecule has 6 radical (unpaired) electrons. The predicted molar refractivity (Wildman–Crippen MR) is 137 cm³/mol. The Morgan fingerprint density at radius 1 is 0.725 bits per heavy atom. The maximum absolute atomic E-state index is 10.7. The standard InChI is InChI=1S/C16H18N4.2CHF3O3S.2ClGe/c1-13(15-7-3-5-9-19-15)17-11-12-18-14(2)16-8-4-6-10-20-16;2*2-1(3,4)8(5,6)7;2*1-2/h3-10H,11-12H2,1-2H3;2*(H,5,6,7);;/p-2. The molecule has 0 saturated heterocycles. The van der Waals surface area contributed by atoms with Gasteiger partial charge in [0.15, 0.2) is 20.2 Å². The molecule has 2 aromatic heterocycles. The summed E-state index contributed by atoms with van der Waals surface area (Å²) >= 11 is 2.94. The van der Waals surface area contributed by atoms with Gasteiger partial charge in [0.1, 0.15) is 0 Å². The number of nitrogens with zero attached hydrogens (tertiary/aromatic N) is 4. The fraction of sp³-hybridized carbons (Fsp3) is 0.333. The van der Waals surface area contributed by atoms with Gasteiger partial charge >= 0.3 is 62.2 Å². The number of alkyl halides is 6. The third kappa shape index (κ3) is 20.6. The van der Waals surface area contributed by atoms with Gasteiger partial charge in [0, 0.05) is 12.4 Å². The fourth-order valence-corrected chi connectivity index (χ4v) is 1.75. The third-order valence-corrected chi connectivity index (χ3v) is 4.57. The molecule has 0 aliphatic carbocycles. The second-order valence-corrected chi connectivity index (χ2v) is 8.91. The average Bonchev–Trinajstić information content (AvgIpc) is 2.88. The third-order valence-electron chi connectivity index (χ3n) is 3.44. The molecule has 0 N–H and O–H groups in total. The van der Waals surface area contributed by atoms with E-state index in [1.54, 1.807) is 12.4 Å². The Morgan fingerprint density at radius 2 is 0.975 bits per heavy atom. The molecule has 0 fully saturated rings. The van der Waals surface area contributed by atoms with E-state index in [4.69, 9.17) is 25.9 Å². The van der Waals surface area contributed by atoms with E-state index in [9.17, 15) is 26.3 Å². The van der Waals surface area contributed by atoms with Crippen molar-refractivity contribution >= 4 is 82.8 Å². The summed E-state index contributed by atoms with van der Waals surface area (Å²) in [6.07, 6.45) is 3.55. The summed E-state index contributed by atoms with van der Waals surface area (Å²) in [6, 6.07) is 11.6. The zero-order valence-electron chi connectivity index (χ0n) is 20.1. The first-order valence-electron chi connectivity index (χ1n) is 9.54. The Morgan fingerprint density at radius 3 is 1.15 bits per heavy atom. The molecule has 0 amide bonds. The molecule has 0 spiro atoms. The second-order valence-electron chi connectivity index (χ2n) is 6.16. The van der Waals surface area contributed by atoms with Crippen LogP contribution in [0.2, 0.25) is 0 Å². The van der Waals surface area contributed by atoms with Crippen LogP contribution in [-0.4, -0.2) is 103 Å². The monoisotopic (exact) mass is 782 g/mol. The number of hydrogen-bond acceptors (Lipinski definition) is 10. The molecule has 0 atom stereocenters. The van der Waals surface area contributed by atoms with Crippen molar-refractivity contribution in [1.29, 1.82) is 0 Å². The molecule has 0 saturated carbocycles. The van der Waals surface area contributed by atoms with E-state index in [0.29, 0.717) is 13.1 Å². The van der Waals surface area contributed by atoms with E-state index in [2.05, 4.69) is 40.0 Å². The van der Waals surface area contributed by atoms with Gasteiger partial charge in [-0.2, -0.15) is 26.3 Å². The molecular weight excluding hydrogens is 762 g/mol. The van der Waals surface area contributed by atoms with Gasteiger partial charge in [-0.3, -0.25) is 20.0 Å². The summed E-state index contributed by atoms with van der Waals surface area (Å²) in [5.74, 6) is 0. The van der Waals surface area contributed by atoms with Gasteiger partial charge in [-0.15, -0.1) is 0 Å². The molecule has 10 nitrogen and oxygen atoms in total. The van der Waals surface area contributed by atoms with Crippen LogP contribution < -0.4 is 0 Å². The van der Waals surface area contributed by atoms with Crippen LogP contribution in [0.25, 0.3) is 0 Å². The van der Waals surface area contributed by atoms with Crippen molar-refractivity contribution in [1.82, 2.24) is 9.97 Å². The topological polar surface area (TPSA) is 165 Å². The van der Waals surface area contributed by atoms with Crippen molar-refractivity contribution in [2.45, 2.75) is 24.9 Å². The maximum atomic E-state index is 10.7. The predicted octanol–water partition coefficient (Wildman–Crippen LogP) is 3.52. The van der Waals surface area contributed by atoms with E-state index in [1.165, 1.54) is 31.2 Å². The Labute approximate surface area is 252 Å². The Balaban J connectivity index is -0.000000570. The van der Waals surface area contributed by atoms with E-state index in [-0.39, 0.29) is 0 Å². The van der Waals surface area contributed by atoms with Crippen LogP contribution >= 0.6 is 20.0 Å². The van der Waals surface area contributed by atoms with Crippen LogP contribution in [0.1, 0.15) is 25.2 Å². The van der Waals surface area contributed by atoms with Crippen molar-refractivity contribution < 1.29 is 52.3 Å². The molecule has 40 heavy (non-hydrogen) atoms. The molecule has 0 aliphatic heterocycles. The number of pyridine rings is 2. The summed E-state index contributed by atoms with van der Waals surface area (Å²) in [5, 5.41) is 0. The van der Waals surface area contributed by atoms with E-state index in [0.717, 1.165) is 22.8 Å². The fourth-order valence-electron chi connectivity index (χ4n) is 1.75. The molecule has 2 heterocycles. The summed E-state index contributed by atoms with van der Waals surface area (Å²) in [6.45, 7) is 5.26. The second kappa shape index (κ2) is 21.4. The van der Waals surface area contributed by atoms with Crippen LogP contribution in [-0.2, 0) is 20.2 Å². The zero-order valence-corrected chi connectivity index (χ0v) is 27.5.